The van der Waals surface area contributed by atoms with E-state index in [9.17, 15) is 0 Å². The number of guanidine groups is 1. The van der Waals surface area contributed by atoms with Crippen LogP contribution < -0.4 is 10.6 Å². The highest BCUT2D eigenvalue weighted by Gasteiger charge is 2.25. The lowest BCUT2D eigenvalue weighted by molar-refractivity contribution is -0.0174. The maximum Gasteiger partial charge on any atom is 0.191 e. The molecule has 0 saturated carbocycles. The van der Waals surface area contributed by atoms with E-state index in [4.69, 9.17) is 4.74 Å². The number of fused-ring (bicyclic) bond motifs is 1. The molecule has 1 aromatic rings. The van der Waals surface area contributed by atoms with Crippen LogP contribution in [0.25, 0.3) is 0 Å². The summed E-state index contributed by atoms with van der Waals surface area (Å²) in [5.41, 5.74) is 0. The largest absolute Gasteiger partial charge is 0.379 e. The van der Waals surface area contributed by atoms with Crippen molar-refractivity contribution in [1.29, 1.82) is 0 Å². The van der Waals surface area contributed by atoms with Crippen LogP contribution in [0.2, 0.25) is 0 Å². The first-order chi connectivity index (χ1) is 12.1. The van der Waals surface area contributed by atoms with Crippen molar-refractivity contribution in [2.45, 2.75) is 58.3 Å². The Morgan fingerprint density at radius 3 is 3.00 bits per heavy atom. The van der Waals surface area contributed by atoms with Gasteiger partial charge in [-0.1, -0.05) is 0 Å². The van der Waals surface area contributed by atoms with E-state index in [1.54, 1.807) is 0 Å². The first-order valence-electron chi connectivity index (χ1n) is 9.27. The normalized spacial score (nSPS) is 25.2. The molecular weight excluding hydrogens is 445 g/mol. The summed E-state index contributed by atoms with van der Waals surface area (Å²) in [4.78, 5) is 11.3. The third-order valence-electron chi connectivity index (χ3n) is 5.08. The van der Waals surface area contributed by atoms with E-state index >= 15 is 0 Å². The molecule has 3 unspecified atom stereocenters. The quantitative estimate of drug-likeness (QED) is 0.380. The molecule has 0 radical (unpaired) electrons. The van der Waals surface area contributed by atoms with Gasteiger partial charge in [0.1, 0.15) is 11.6 Å². The van der Waals surface area contributed by atoms with Gasteiger partial charge in [-0.2, -0.15) is 5.10 Å². The summed E-state index contributed by atoms with van der Waals surface area (Å²) in [5, 5.41) is 11.5. The third-order valence-corrected chi connectivity index (χ3v) is 5.08. The fourth-order valence-electron chi connectivity index (χ4n) is 3.70. The number of nitrogens with zero attached hydrogens (tertiary/aromatic N) is 5. The second-order valence-corrected chi connectivity index (χ2v) is 7.10. The average molecular weight is 477 g/mol. The Bertz CT molecular complexity index is 606. The molecule has 26 heavy (non-hydrogen) atoms. The predicted octanol–water partition coefficient (Wildman–Crippen LogP) is 0.794. The zero-order valence-electron chi connectivity index (χ0n) is 16.2. The van der Waals surface area contributed by atoms with Crippen molar-refractivity contribution in [2.24, 2.45) is 4.99 Å². The molecule has 8 nitrogen and oxygen atoms in total. The summed E-state index contributed by atoms with van der Waals surface area (Å²) < 4.78 is 7.54. The molecule has 0 amide bonds. The van der Waals surface area contributed by atoms with Crippen molar-refractivity contribution < 1.29 is 4.74 Å². The van der Waals surface area contributed by atoms with Gasteiger partial charge in [0.25, 0.3) is 0 Å². The maximum atomic E-state index is 5.53. The molecule has 9 heteroatoms. The van der Waals surface area contributed by atoms with Gasteiger partial charge in [-0.3, -0.25) is 9.89 Å². The fourth-order valence-corrected chi connectivity index (χ4v) is 3.70. The minimum absolute atomic E-state index is 0. The summed E-state index contributed by atoms with van der Waals surface area (Å²) in [7, 11) is 1.82. The van der Waals surface area contributed by atoms with Crippen molar-refractivity contribution >= 4 is 29.9 Å². The van der Waals surface area contributed by atoms with Crippen LogP contribution in [0.4, 0.5) is 0 Å². The van der Waals surface area contributed by atoms with Crippen LogP contribution in [0.15, 0.2) is 4.99 Å². The lowest BCUT2D eigenvalue weighted by Crippen LogP contribution is -2.54. The molecule has 0 bridgehead atoms. The minimum Gasteiger partial charge on any atom is -0.379 e. The highest BCUT2D eigenvalue weighted by molar-refractivity contribution is 14.0. The molecule has 2 aliphatic rings. The first kappa shape index (κ1) is 21.4. The summed E-state index contributed by atoms with van der Waals surface area (Å²) in [5.74, 6) is 2.80. The number of hydrogen-bond donors (Lipinski definition) is 2. The van der Waals surface area contributed by atoms with Crippen molar-refractivity contribution in [3.63, 3.8) is 0 Å². The number of ether oxygens (including phenoxy) is 1. The number of nitrogens with one attached hydrogen (secondary N) is 2. The van der Waals surface area contributed by atoms with E-state index in [2.05, 4.69) is 44.5 Å². The van der Waals surface area contributed by atoms with E-state index < -0.39 is 0 Å². The smallest absolute Gasteiger partial charge is 0.191 e. The Morgan fingerprint density at radius 2 is 2.27 bits per heavy atom. The van der Waals surface area contributed by atoms with Crippen LogP contribution in [-0.4, -0.2) is 77.1 Å². The van der Waals surface area contributed by atoms with Crippen LogP contribution in [-0.2, 0) is 17.7 Å². The van der Waals surface area contributed by atoms with Crippen LogP contribution in [0.3, 0.4) is 0 Å². The van der Waals surface area contributed by atoms with Crippen molar-refractivity contribution in [3.8, 4) is 0 Å². The summed E-state index contributed by atoms with van der Waals surface area (Å²) in [6.45, 7) is 10.8. The first-order valence-corrected chi connectivity index (χ1v) is 9.27. The molecule has 0 aliphatic carbocycles. The van der Waals surface area contributed by atoms with E-state index in [1.807, 2.05) is 18.7 Å². The molecule has 148 valence electrons. The molecule has 1 fully saturated rings. The van der Waals surface area contributed by atoms with Crippen molar-refractivity contribution in [1.82, 2.24) is 30.3 Å². The van der Waals surface area contributed by atoms with Gasteiger partial charge in [0.15, 0.2) is 5.96 Å². The van der Waals surface area contributed by atoms with Crippen LogP contribution in [0.5, 0.6) is 0 Å². The number of morpholine rings is 1. The second-order valence-electron chi connectivity index (χ2n) is 7.10. The van der Waals surface area contributed by atoms with Gasteiger partial charge in [0, 0.05) is 44.7 Å². The van der Waals surface area contributed by atoms with E-state index in [0.717, 1.165) is 63.3 Å². The Balaban J connectivity index is 0.00000243. The number of aliphatic imine (C=N–C) groups is 1. The zero-order chi connectivity index (χ0) is 17.8. The van der Waals surface area contributed by atoms with E-state index in [1.165, 1.54) is 0 Å². The van der Waals surface area contributed by atoms with Crippen molar-refractivity contribution in [3.05, 3.63) is 11.6 Å². The van der Waals surface area contributed by atoms with Crippen molar-refractivity contribution in [2.75, 3.05) is 33.4 Å². The number of aryl methyl sites for hydroxylation is 2. The lowest BCUT2D eigenvalue weighted by Gasteiger charge is -2.38. The van der Waals surface area contributed by atoms with E-state index in [-0.39, 0.29) is 24.0 Å². The number of rotatable bonds is 4. The minimum atomic E-state index is 0. The Kier molecular flexibility index (Phi) is 8.08. The highest BCUT2D eigenvalue weighted by Crippen LogP contribution is 2.13. The van der Waals surface area contributed by atoms with Crippen LogP contribution in [0.1, 0.15) is 31.9 Å². The van der Waals surface area contributed by atoms with Gasteiger partial charge in [0.2, 0.25) is 0 Å². The number of halogens is 1. The standard InChI is InChI=1S/C17H31N7O.HI/c1-12(23-7-8-25-11-13(23)2)9-19-17(18-4)21-15-5-6-16-20-14(3)22-24(16)10-15;/h12-13,15H,5-11H2,1-4H3,(H2,18,19,21);1H. The van der Waals surface area contributed by atoms with Gasteiger partial charge >= 0.3 is 0 Å². The maximum absolute atomic E-state index is 5.53. The SMILES string of the molecule is CN=C(NCC(C)N1CCOCC1C)NC1CCc2nc(C)nn2C1.I. The molecule has 0 spiro atoms. The molecule has 1 saturated heterocycles. The zero-order valence-corrected chi connectivity index (χ0v) is 18.6. The molecule has 3 atom stereocenters. The number of aromatic nitrogens is 3. The molecule has 2 N–H and O–H groups in total. The molecular formula is C17H32IN7O. The Labute approximate surface area is 173 Å². The van der Waals surface area contributed by atoms with Gasteiger partial charge in [-0.15, -0.1) is 24.0 Å². The molecule has 0 aromatic carbocycles. The fraction of sp³-hybridized carbons (Fsp3) is 0.824. The lowest BCUT2D eigenvalue weighted by atomic mass is 10.1. The highest BCUT2D eigenvalue weighted by atomic mass is 127. The van der Waals surface area contributed by atoms with Gasteiger partial charge in [0.05, 0.1) is 19.8 Å². The topological polar surface area (TPSA) is 79.6 Å². The predicted molar refractivity (Wildman–Crippen MR) is 113 cm³/mol. The Morgan fingerprint density at radius 1 is 1.46 bits per heavy atom. The molecule has 3 heterocycles. The summed E-state index contributed by atoms with van der Waals surface area (Å²) >= 11 is 0. The van der Waals surface area contributed by atoms with Crippen LogP contribution >= 0.6 is 24.0 Å². The van der Waals surface area contributed by atoms with Gasteiger partial charge in [-0.05, 0) is 27.2 Å². The second kappa shape index (κ2) is 9.84. The molecule has 3 rings (SSSR count). The third kappa shape index (κ3) is 5.29. The summed E-state index contributed by atoms with van der Waals surface area (Å²) in [6, 6.07) is 1.23. The molecule has 1 aromatic heterocycles. The number of hydrogen-bond acceptors (Lipinski definition) is 5. The monoisotopic (exact) mass is 477 g/mol. The molecule has 2 aliphatic heterocycles. The van der Waals surface area contributed by atoms with E-state index in [0.29, 0.717) is 18.1 Å². The summed E-state index contributed by atoms with van der Waals surface area (Å²) in [6.07, 6.45) is 2.01. The van der Waals surface area contributed by atoms with Crippen LogP contribution in [0, 0.1) is 6.92 Å². The Hall–Kier alpha value is -0.940. The average Bonchev–Trinajstić information content (AvgIpc) is 2.98. The van der Waals surface area contributed by atoms with Gasteiger partial charge in [-0.25, -0.2) is 9.67 Å². The van der Waals surface area contributed by atoms with Gasteiger partial charge < -0.3 is 15.4 Å².